The van der Waals surface area contributed by atoms with Gasteiger partial charge >= 0.3 is 5.97 Å². The van der Waals surface area contributed by atoms with Crippen LogP contribution in [0.1, 0.15) is 29.7 Å². The molecule has 3 aromatic carbocycles. The SMILES string of the molecule is CCOC(=O)C1=C(c2ccccc2)N=c2sc(=Cc3cn(C)c4ccccc34)c(=O)n2C1c1ccc(OC)c(OC)c1. The first kappa shape index (κ1) is 27.3. The number of fused-ring (bicyclic) bond motifs is 2. The van der Waals surface area contributed by atoms with Crippen LogP contribution in [-0.2, 0) is 16.6 Å². The van der Waals surface area contributed by atoms with Gasteiger partial charge in [-0.05, 0) is 36.8 Å². The van der Waals surface area contributed by atoms with Crippen molar-refractivity contribution in [2.45, 2.75) is 13.0 Å². The lowest BCUT2D eigenvalue weighted by Crippen LogP contribution is -2.40. The highest BCUT2D eigenvalue weighted by molar-refractivity contribution is 7.07. The highest BCUT2D eigenvalue weighted by atomic mass is 32.1. The van der Waals surface area contributed by atoms with Crippen LogP contribution in [0.2, 0.25) is 0 Å². The van der Waals surface area contributed by atoms with Crippen LogP contribution in [0.3, 0.4) is 0 Å². The number of carbonyl (C=O) groups is 1. The van der Waals surface area contributed by atoms with Gasteiger partial charge < -0.3 is 18.8 Å². The smallest absolute Gasteiger partial charge is 0.338 e. The highest BCUT2D eigenvalue weighted by Gasteiger charge is 2.35. The molecule has 1 aliphatic heterocycles. The Balaban J connectivity index is 1.67. The fraction of sp³-hybridized carbons (Fsp3) is 0.182. The van der Waals surface area contributed by atoms with E-state index < -0.39 is 12.0 Å². The molecule has 0 spiro atoms. The second-order valence-corrected chi connectivity index (χ2v) is 10.8. The molecule has 0 fully saturated rings. The molecule has 5 aromatic rings. The molecule has 3 heterocycles. The van der Waals surface area contributed by atoms with Crippen LogP contribution in [-0.4, -0.2) is 35.9 Å². The average Bonchev–Trinajstić information content (AvgIpc) is 3.51. The maximum atomic E-state index is 14.2. The second kappa shape index (κ2) is 11.2. The van der Waals surface area contributed by atoms with Gasteiger partial charge in [0, 0.05) is 35.3 Å². The monoisotopic (exact) mass is 579 g/mol. The first-order valence-electron chi connectivity index (χ1n) is 13.5. The highest BCUT2D eigenvalue weighted by Crippen LogP contribution is 2.38. The van der Waals surface area contributed by atoms with Crippen molar-refractivity contribution in [3.63, 3.8) is 0 Å². The molecule has 0 radical (unpaired) electrons. The van der Waals surface area contributed by atoms with E-state index in [1.165, 1.54) is 11.3 Å². The molecule has 0 saturated heterocycles. The lowest BCUT2D eigenvalue weighted by molar-refractivity contribution is -0.138. The third kappa shape index (κ3) is 4.61. The van der Waals surface area contributed by atoms with Crippen molar-refractivity contribution in [1.29, 1.82) is 0 Å². The molecule has 0 saturated carbocycles. The molecule has 2 aromatic heterocycles. The first-order chi connectivity index (χ1) is 20.4. The second-order valence-electron chi connectivity index (χ2n) is 9.76. The van der Waals surface area contributed by atoms with E-state index in [-0.39, 0.29) is 17.7 Å². The van der Waals surface area contributed by atoms with Crippen molar-refractivity contribution in [3.8, 4) is 11.5 Å². The summed E-state index contributed by atoms with van der Waals surface area (Å²) in [6.07, 6.45) is 3.90. The number of benzene rings is 3. The fourth-order valence-corrected chi connectivity index (χ4v) is 6.40. The van der Waals surface area contributed by atoms with Gasteiger partial charge in [-0.1, -0.05) is 65.9 Å². The summed E-state index contributed by atoms with van der Waals surface area (Å²) in [5.41, 5.74) is 3.89. The van der Waals surface area contributed by atoms with Crippen molar-refractivity contribution in [1.82, 2.24) is 9.13 Å². The Morgan fingerprint density at radius 2 is 1.74 bits per heavy atom. The number of ether oxygens (including phenoxy) is 3. The number of hydrogen-bond donors (Lipinski definition) is 0. The Morgan fingerprint density at radius 1 is 1.00 bits per heavy atom. The number of carbonyl (C=O) groups excluding carboxylic acids is 1. The third-order valence-electron chi connectivity index (χ3n) is 7.31. The lowest BCUT2D eigenvalue weighted by Gasteiger charge is -2.26. The average molecular weight is 580 g/mol. The molecule has 6 rings (SSSR count). The van der Waals surface area contributed by atoms with Crippen LogP contribution >= 0.6 is 11.3 Å². The van der Waals surface area contributed by atoms with E-state index in [1.807, 2.05) is 84.6 Å². The van der Waals surface area contributed by atoms with E-state index in [0.29, 0.717) is 32.1 Å². The van der Waals surface area contributed by atoms with E-state index in [2.05, 4.69) is 0 Å². The van der Waals surface area contributed by atoms with E-state index in [9.17, 15) is 9.59 Å². The van der Waals surface area contributed by atoms with Gasteiger partial charge in [0.2, 0.25) is 0 Å². The number of esters is 1. The number of para-hydroxylation sites is 1. The van der Waals surface area contributed by atoms with E-state index in [1.54, 1.807) is 37.8 Å². The van der Waals surface area contributed by atoms with Crippen LogP contribution in [0.5, 0.6) is 11.5 Å². The number of nitrogens with zero attached hydrogens (tertiary/aromatic N) is 3. The number of methoxy groups -OCH3 is 2. The molecular formula is C33H29N3O5S. The van der Waals surface area contributed by atoms with Crippen LogP contribution in [0.25, 0.3) is 22.7 Å². The zero-order valence-corrected chi connectivity index (χ0v) is 24.5. The minimum atomic E-state index is -0.815. The Labute approximate surface area is 246 Å². The fourth-order valence-electron chi connectivity index (χ4n) is 5.41. The maximum absolute atomic E-state index is 14.2. The number of hydrogen-bond acceptors (Lipinski definition) is 7. The molecule has 1 aliphatic rings. The van der Waals surface area contributed by atoms with Crippen molar-refractivity contribution >= 4 is 40.0 Å². The summed E-state index contributed by atoms with van der Waals surface area (Å²) in [6, 6.07) is 22.1. The van der Waals surface area contributed by atoms with Gasteiger partial charge in [0.1, 0.15) is 0 Å². The summed E-state index contributed by atoms with van der Waals surface area (Å²) >= 11 is 1.29. The molecule has 42 heavy (non-hydrogen) atoms. The van der Waals surface area contributed by atoms with Crippen molar-refractivity contribution in [2.24, 2.45) is 12.0 Å². The maximum Gasteiger partial charge on any atom is 0.338 e. The summed E-state index contributed by atoms with van der Waals surface area (Å²) in [5.74, 6) is 0.479. The Kier molecular flexibility index (Phi) is 7.26. The van der Waals surface area contributed by atoms with Gasteiger partial charge in [0.25, 0.3) is 5.56 Å². The minimum Gasteiger partial charge on any atom is -0.493 e. The normalized spacial score (nSPS) is 15.0. The molecule has 9 heteroatoms. The summed E-state index contributed by atoms with van der Waals surface area (Å²) < 4.78 is 20.7. The lowest BCUT2D eigenvalue weighted by atomic mass is 9.93. The van der Waals surface area contributed by atoms with Gasteiger partial charge in [0.05, 0.1) is 42.7 Å². The predicted octanol–water partition coefficient (Wildman–Crippen LogP) is 4.44. The molecule has 212 valence electrons. The van der Waals surface area contributed by atoms with Gasteiger partial charge in [-0.15, -0.1) is 0 Å². The molecule has 1 atom stereocenters. The van der Waals surface area contributed by atoms with Gasteiger partial charge in [-0.3, -0.25) is 9.36 Å². The number of aromatic nitrogens is 2. The molecule has 0 N–H and O–H groups in total. The Hall–Kier alpha value is -4.89. The van der Waals surface area contributed by atoms with E-state index in [0.717, 1.165) is 22.0 Å². The van der Waals surface area contributed by atoms with Crippen LogP contribution in [0.4, 0.5) is 0 Å². The number of rotatable bonds is 7. The van der Waals surface area contributed by atoms with Crippen molar-refractivity contribution in [3.05, 3.63) is 121 Å². The standard InChI is InChI=1S/C33H29N3O5S/c1-5-41-32(38)28-29(20-11-7-6-8-12-20)34-33-36(30(28)21-15-16-25(39-3)26(17-21)40-4)31(37)27(42-33)18-22-19-35(2)24-14-10-9-13-23(22)24/h6-19,30H,5H2,1-4H3. The topological polar surface area (TPSA) is 84.1 Å². The molecule has 8 nitrogen and oxygen atoms in total. The van der Waals surface area contributed by atoms with Crippen LogP contribution in [0.15, 0.2) is 94.4 Å². The largest absolute Gasteiger partial charge is 0.493 e. The Bertz CT molecular complexity index is 2040. The molecule has 0 aliphatic carbocycles. The van der Waals surface area contributed by atoms with Crippen LogP contribution < -0.4 is 24.4 Å². The molecule has 0 amide bonds. The number of thiazole rings is 1. The quantitative estimate of drug-likeness (QED) is 0.266. The zero-order valence-electron chi connectivity index (χ0n) is 23.7. The Morgan fingerprint density at radius 3 is 2.48 bits per heavy atom. The summed E-state index contributed by atoms with van der Waals surface area (Å²) in [7, 11) is 5.09. The van der Waals surface area contributed by atoms with Gasteiger partial charge in [0.15, 0.2) is 16.3 Å². The number of aryl methyl sites for hydroxylation is 1. The van der Waals surface area contributed by atoms with Crippen LogP contribution in [0, 0.1) is 0 Å². The zero-order chi connectivity index (χ0) is 29.4. The third-order valence-corrected chi connectivity index (χ3v) is 8.29. The van der Waals surface area contributed by atoms with Crippen molar-refractivity contribution in [2.75, 3.05) is 20.8 Å². The van der Waals surface area contributed by atoms with Gasteiger partial charge in [-0.25, -0.2) is 9.79 Å². The first-order valence-corrected chi connectivity index (χ1v) is 14.3. The molecular weight excluding hydrogens is 550 g/mol. The predicted molar refractivity (Wildman–Crippen MR) is 164 cm³/mol. The summed E-state index contributed by atoms with van der Waals surface area (Å²) in [6.45, 7) is 1.93. The summed E-state index contributed by atoms with van der Waals surface area (Å²) in [4.78, 5) is 33.3. The van der Waals surface area contributed by atoms with E-state index >= 15 is 0 Å². The van der Waals surface area contributed by atoms with Crippen molar-refractivity contribution < 1.29 is 19.0 Å². The van der Waals surface area contributed by atoms with E-state index in [4.69, 9.17) is 19.2 Å². The molecule has 1 unspecified atom stereocenters. The molecule has 0 bridgehead atoms. The minimum absolute atomic E-state index is 0.175. The summed E-state index contributed by atoms with van der Waals surface area (Å²) in [5, 5.41) is 1.04. The van der Waals surface area contributed by atoms with Gasteiger partial charge in [-0.2, -0.15) is 0 Å².